The fraction of sp³-hybridized carbons (Fsp3) is 0.500. The summed E-state index contributed by atoms with van der Waals surface area (Å²) in [6, 6.07) is -1.23. The largest absolute Gasteiger partial charge is 0.480 e. The molecule has 0 aromatic rings. The zero-order chi connectivity index (χ0) is 11.1. The maximum atomic E-state index is 10.5. The van der Waals surface area contributed by atoms with Crippen LogP contribution in [0.1, 0.15) is 6.42 Å². The minimum atomic E-state index is -1.29. The van der Waals surface area contributed by atoms with Crippen LogP contribution in [0.15, 0.2) is 0 Å². The molecule has 0 fully saturated rings. The van der Waals surface area contributed by atoms with E-state index in [4.69, 9.17) is 15.9 Å². The van der Waals surface area contributed by atoms with E-state index in [2.05, 4.69) is 10.9 Å². The van der Waals surface area contributed by atoms with Crippen LogP contribution in [-0.4, -0.2) is 40.6 Å². The molecular formula is C6H11N3O5. The highest BCUT2D eigenvalue weighted by Crippen LogP contribution is 1.89. The summed E-state index contributed by atoms with van der Waals surface area (Å²) in [5, 5.41) is 16.7. The lowest BCUT2D eigenvalue weighted by Crippen LogP contribution is -2.48. The summed E-state index contributed by atoms with van der Waals surface area (Å²) in [7, 11) is 0. The highest BCUT2D eigenvalue weighted by molar-refractivity contribution is 5.83. The van der Waals surface area contributed by atoms with Gasteiger partial charge in [-0.15, -0.1) is 0 Å². The molecular weight excluding hydrogens is 194 g/mol. The normalized spacial score (nSPS) is 12.0. The van der Waals surface area contributed by atoms with Crippen LogP contribution in [0.5, 0.6) is 0 Å². The highest BCUT2D eigenvalue weighted by atomic mass is 16.4. The third kappa shape index (κ3) is 5.91. The van der Waals surface area contributed by atoms with Gasteiger partial charge in [-0.2, -0.15) is 0 Å². The maximum Gasteiger partial charge on any atom is 0.322 e. The molecule has 8 nitrogen and oxygen atoms in total. The molecule has 0 bridgehead atoms. The monoisotopic (exact) mass is 205 g/mol. The van der Waals surface area contributed by atoms with Crippen molar-refractivity contribution in [1.29, 1.82) is 0 Å². The number of carboxylic acid groups (broad SMARTS) is 2. The Labute approximate surface area is 79.0 Å². The van der Waals surface area contributed by atoms with Gasteiger partial charge in [0.15, 0.2) is 0 Å². The molecule has 0 aliphatic carbocycles. The first-order valence-corrected chi connectivity index (χ1v) is 3.64. The van der Waals surface area contributed by atoms with E-state index in [9.17, 15) is 14.4 Å². The molecule has 8 heteroatoms. The SMILES string of the molecule is NC(=O)C[C@H](NNCC(=O)O)C(=O)O. The van der Waals surface area contributed by atoms with E-state index in [1.807, 2.05) is 0 Å². The first kappa shape index (κ1) is 12.3. The van der Waals surface area contributed by atoms with Crippen LogP contribution in [0.4, 0.5) is 0 Å². The maximum absolute atomic E-state index is 10.5. The number of carboxylic acids is 2. The summed E-state index contributed by atoms with van der Waals surface area (Å²) < 4.78 is 0. The van der Waals surface area contributed by atoms with Gasteiger partial charge in [0.2, 0.25) is 5.91 Å². The highest BCUT2D eigenvalue weighted by Gasteiger charge is 2.19. The van der Waals surface area contributed by atoms with Gasteiger partial charge in [0.1, 0.15) is 12.6 Å². The standard InChI is InChI=1S/C6H11N3O5/c7-4(10)1-3(6(13)14)9-8-2-5(11)12/h3,8-9H,1-2H2,(H2,7,10)(H,11,12)(H,13,14)/t3-/m0/s1. The molecule has 0 heterocycles. The van der Waals surface area contributed by atoms with Crippen LogP contribution in [0.25, 0.3) is 0 Å². The molecule has 1 amide bonds. The van der Waals surface area contributed by atoms with E-state index in [0.717, 1.165) is 0 Å². The van der Waals surface area contributed by atoms with Crippen LogP contribution >= 0.6 is 0 Å². The van der Waals surface area contributed by atoms with Crippen molar-refractivity contribution in [1.82, 2.24) is 10.9 Å². The summed E-state index contributed by atoms with van der Waals surface area (Å²) in [6.07, 6.45) is -0.415. The zero-order valence-corrected chi connectivity index (χ0v) is 7.19. The Morgan fingerprint density at radius 3 is 2.21 bits per heavy atom. The lowest BCUT2D eigenvalue weighted by Gasteiger charge is -2.12. The number of carbonyl (C=O) groups excluding carboxylic acids is 1. The van der Waals surface area contributed by atoms with Crippen LogP contribution in [0.3, 0.4) is 0 Å². The predicted molar refractivity (Wildman–Crippen MR) is 44.0 cm³/mol. The molecule has 1 atom stereocenters. The topological polar surface area (TPSA) is 142 Å². The number of aliphatic carboxylic acids is 2. The smallest absolute Gasteiger partial charge is 0.322 e. The van der Waals surface area contributed by atoms with E-state index < -0.39 is 36.9 Å². The van der Waals surface area contributed by atoms with Crippen molar-refractivity contribution in [2.75, 3.05) is 6.54 Å². The Balaban J connectivity index is 3.91. The van der Waals surface area contributed by atoms with Crippen molar-refractivity contribution in [3.63, 3.8) is 0 Å². The van der Waals surface area contributed by atoms with Gasteiger partial charge in [0.05, 0.1) is 6.42 Å². The Morgan fingerprint density at radius 2 is 1.86 bits per heavy atom. The number of nitrogens with two attached hydrogens (primary N) is 1. The molecule has 0 aromatic carbocycles. The fourth-order valence-electron chi connectivity index (χ4n) is 0.651. The summed E-state index contributed by atoms with van der Waals surface area (Å²) in [5.41, 5.74) is 9.06. The molecule has 0 unspecified atom stereocenters. The minimum Gasteiger partial charge on any atom is -0.480 e. The van der Waals surface area contributed by atoms with Crippen LogP contribution < -0.4 is 16.6 Å². The second-order valence-corrected chi connectivity index (χ2v) is 2.45. The van der Waals surface area contributed by atoms with Crippen molar-refractivity contribution in [3.05, 3.63) is 0 Å². The van der Waals surface area contributed by atoms with Gasteiger partial charge in [-0.1, -0.05) is 0 Å². The number of nitrogens with one attached hydrogen (secondary N) is 2. The summed E-state index contributed by atoms with van der Waals surface area (Å²) in [6.45, 7) is -0.456. The Hall–Kier alpha value is -1.67. The minimum absolute atomic E-state index is 0.415. The van der Waals surface area contributed by atoms with Crippen molar-refractivity contribution < 1.29 is 24.6 Å². The van der Waals surface area contributed by atoms with Crippen LogP contribution in [-0.2, 0) is 14.4 Å². The summed E-state index contributed by atoms with van der Waals surface area (Å²) in [4.78, 5) is 30.9. The second-order valence-electron chi connectivity index (χ2n) is 2.45. The van der Waals surface area contributed by atoms with Gasteiger partial charge in [0.25, 0.3) is 0 Å². The molecule has 0 rings (SSSR count). The number of carbonyl (C=O) groups is 3. The zero-order valence-electron chi connectivity index (χ0n) is 7.19. The molecule has 0 aliphatic rings. The van der Waals surface area contributed by atoms with Gasteiger partial charge in [-0.3, -0.25) is 14.4 Å². The third-order valence-electron chi connectivity index (χ3n) is 1.22. The van der Waals surface area contributed by atoms with Crippen LogP contribution in [0, 0.1) is 0 Å². The fourth-order valence-corrected chi connectivity index (χ4v) is 0.651. The lowest BCUT2D eigenvalue weighted by molar-refractivity contribution is -0.142. The number of primary amides is 1. The predicted octanol–water partition coefficient (Wildman–Crippen LogP) is -2.51. The first-order chi connectivity index (χ1) is 6.43. The molecule has 0 aliphatic heterocycles. The molecule has 6 N–H and O–H groups in total. The second kappa shape index (κ2) is 5.89. The van der Waals surface area contributed by atoms with E-state index >= 15 is 0 Å². The third-order valence-corrected chi connectivity index (χ3v) is 1.22. The average molecular weight is 205 g/mol. The summed E-state index contributed by atoms with van der Waals surface area (Å²) in [5.74, 6) is -3.23. The molecule has 0 spiro atoms. The number of hydrogen-bond donors (Lipinski definition) is 5. The number of amides is 1. The molecule has 0 saturated carbocycles. The molecule has 14 heavy (non-hydrogen) atoms. The Morgan fingerprint density at radius 1 is 1.29 bits per heavy atom. The van der Waals surface area contributed by atoms with Crippen molar-refractivity contribution in [2.24, 2.45) is 5.73 Å². The van der Waals surface area contributed by atoms with Gasteiger partial charge >= 0.3 is 11.9 Å². The molecule has 0 radical (unpaired) electrons. The number of hydrogen-bond acceptors (Lipinski definition) is 5. The Kier molecular flexibility index (Phi) is 5.19. The summed E-state index contributed by atoms with van der Waals surface area (Å²) >= 11 is 0. The van der Waals surface area contributed by atoms with Crippen molar-refractivity contribution in [3.8, 4) is 0 Å². The molecule has 0 saturated heterocycles. The average Bonchev–Trinajstić information content (AvgIpc) is 2.00. The molecule has 0 aromatic heterocycles. The van der Waals surface area contributed by atoms with Crippen molar-refractivity contribution in [2.45, 2.75) is 12.5 Å². The van der Waals surface area contributed by atoms with Gasteiger partial charge in [-0.05, 0) is 0 Å². The van der Waals surface area contributed by atoms with Gasteiger partial charge in [-0.25, -0.2) is 10.9 Å². The molecule has 80 valence electrons. The van der Waals surface area contributed by atoms with Crippen molar-refractivity contribution >= 4 is 17.8 Å². The van der Waals surface area contributed by atoms with Gasteiger partial charge < -0.3 is 15.9 Å². The Bertz CT molecular complexity index is 242. The number of hydrazine groups is 1. The van der Waals surface area contributed by atoms with E-state index in [0.29, 0.717) is 0 Å². The number of rotatable bonds is 7. The van der Waals surface area contributed by atoms with E-state index in [1.54, 1.807) is 0 Å². The quantitative estimate of drug-likeness (QED) is 0.289. The van der Waals surface area contributed by atoms with E-state index in [1.165, 1.54) is 0 Å². The lowest BCUT2D eigenvalue weighted by atomic mass is 10.2. The van der Waals surface area contributed by atoms with Gasteiger partial charge in [0, 0.05) is 0 Å². The van der Waals surface area contributed by atoms with Crippen LogP contribution in [0.2, 0.25) is 0 Å². The first-order valence-electron chi connectivity index (χ1n) is 3.64. The van der Waals surface area contributed by atoms with E-state index in [-0.39, 0.29) is 0 Å².